The number of hydrogen-bond acceptors (Lipinski definition) is 1. The molecular weight excluding hydrogens is 102 g/mol. The quantitative estimate of drug-likeness (QED) is 0.453. The Balaban J connectivity index is 2.71. The number of rotatable bonds is 0. The summed E-state index contributed by atoms with van der Waals surface area (Å²) in [5.74, 6) is -0.0625. The van der Waals surface area contributed by atoms with E-state index in [9.17, 15) is 4.79 Å². The Morgan fingerprint density at radius 2 is 2.50 bits per heavy atom. The van der Waals surface area contributed by atoms with E-state index in [4.69, 9.17) is 0 Å². The topological polar surface area (TPSA) is 29.1 Å². The molecule has 8 heavy (non-hydrogen) atoms. The molecule has 0 atom stereocenters. The van der Waals surface area contributed by atoms with Crippen molar-refractivity contribution >= 4 is 5.91 Å². The van der Waals surface area contributed by atoms with E-state index in [-0.39, 0.29) is 5.91 Å². The van der Waals surface area contributed by atoms with Crippen molar-refractivity contribution in [3.8, 4) is 0 Å². The molecule has 42 valence electrons. The van der Waals surface area contributed by atoms with Crippen molar-refractivity contribution in [1.29, 1.82) is 0 Å². The smallest absolute Gasteiger partial charge is 0.250 e. The molecule has 0 aliphatic carbocycles. The second kappa shape index (κ2) is 1.82. The van der Waals surface area contributed by atoms with Crippen molar-refractivity contribution in [2.24, 2.45) is 0 Å². The van der Waals surface area contributed by atoms with Gasteiger partial charge in [0.1, 0.15) is 0 Å². The molecule has 1 heterocycles. The lowest BCUT2D eigenvalue weighted by Gasteiger charge is -2.05. The highest BCUT2D eigenvalue weighted by atomic mass is 16.1. The van der Waals surface area contributed by atoms with E-state index in [1.807, 2.05) is 6.08 Å². The number of nitrogens with one attached hydrogen (secondary N) is 1. The Labute approximate surface area is 47.9 Å². The van der Waals surface area contributed by atoms with Crippen LogP contribution < -0.4 is 5.32 Å². The van der Waals surface area contributed by atoms with Crippen LogP contribution in [0.25, 0.3) is 0 Å². The molecular formula is C6H7NO. The highest BCUT2D eigenvalue weighted by Crippen LogP contribution is 2.02. The lowest BCUT2D eigenvalue weighted by molar-refractivity contribution is -0.116. The third kappa shape index (κ3) is 0.780. The van der Waals surface area contributed by atoms with Crippen molar-refractivity contribution < 1.29 is 4.79 Å². The first-order valence-corrected chi connectivity index (χ1v) is 2.44. The largest absolute Gasteiger partial charge is 0.329 e. The van der Waals surface area contributed by atoms with Gasteiger partial charge in [-0.2, -0.15) is 0 Å². The Morgan fingerprint density at radius 3 is 2.88 bits per heavy atom. The maximum atomic E-state index is 10.5. The SMILES string of the molecule is C=C1CC=CNC1=O. The average molecular weight is 109 g/mol. The molecule has 0 saturated carbocycles. The number of carbonyl (C=O) groups excluding carboxylic acids is 1. The first-order chi connectivity index (χ1) is 3.80. The molecule has 1 aliphatic rings. The Hall–Kier alpha value is -1.05. The van der Waals surface area contributed by atoms with Crippen LogP contribution in [0.5, 0.6) is 0 Å². The van der Waals surface area contributed by atoms with Crippen LogP contribution in [0.3, 0.4) is 0 Å². The van der Waals surface area contributed by atoms with Crippen LogP contribution in [0.15, 0.2) is 24.4 Å². The number of allylic oxidation sites excluding steroid dienone is 1. The van der Waals surface area contributed by atoms with Crippen LogP contribution in [0.4, 0.5) is 0 Å². The predicted octanol–water partition coefficient (Wildman–Crippen LogP) is 0.576. The minimum atomic E-state index is -0.0625. The minimum absolute atomic E-state index is 0.0625. The van der Waals surface area contributed by atoms with Crippen molar-refractivity contribution in [2.75, 3.05) is 0 Å². The molecule has 0 aromatic rings. The minimum Gasteiger partial charge on any atom is -0.329 e. The van der Waals surface area contributed by atoms with E-state index < -0.39 is 0 Å². The molecule has 2 heteroatoms. The Bertz CT molecular complexity index is 140. The molecule has 0 aromatic carbocycles. The van der Waals surface area contributed by atoms with E-state index in [1.165, 1.54) is 0 Å². The van der Waals surface area contributed by atoms with Crippen molar-refractivity contribution in [3.63, 3.8) is 0 Å². The number of amides is 1. The van der Waals surface area contributed by atoms with Crippen molar-refractivity contribution in [2.45, 2.75) is 6.42 Å². The van der Waals surface area contributed by atoms with Crippen LogP contribution in [0.1, 0.15) is 6.42 Å². The third-order valence-corrected chi connectivity index (χ3v) is 1.02. The van der Waals surface area contributed by atoms with Crippen LogP contribution in [0, 0.1) is 0 Å². The van der Waals surface area contributed by atoms with Crippen molar-refractivity contribution in [1.82, 2.24) is 5.32 Å². The zero-order chi connectivity index (χ0) is 5.98. The molecule has 0 aromatic heterocycles. The van der Waals surface area contributed by atoms with Crippen LogP contribution in [-0.4, -0.2) is 5.91 Å². The fourth-order valence-electron chi connectivity index (χ4n) is 0.531. The molecule has 0 radical (unpaired) electrons. The Morgan fingerprint density at radius 1 is 1.75 bits per heavy atom. The first kappa shape index (κ1) is 5.09. The molecule has 0 fully saturated rings. The molecule has 1 N–H and O–H groups in total. The number of hydrogen-bond donors (Lipinski definition) is 1. The average Bonchev–Trinajstić information content (AvgIpc) is 1.77. The Kier molecular flexibility index (Phi) is 1.16. The summed E-state index contributed by atoms with van der Waals surface area (Å²) in [5, 5.41) is 2.51. The summed E-state index contributed by atoms with van der Waals surface area (Å²) in [6.45, 7) is 3.53. The molecule has 0 unspecified atom stereocenters. The van der Waals surface area contributed by atoms with Crippen LogP contribution in [-0.2, 0) is 4.79 Å². The van der Waals surface area contributed by atoms with Gasteiger partial charge in [-0.05, 0) is 6.42 Å². The van der Waals surface area contributed by atoms with Crippen LogP contribution >= 0.6 is 0 Å². The van der Waals surface area contributed by atoms with Gasteiger partial charge in [0.2, 0.25) is 0 Å². The van der Waals surface area contributed by atoms with Crippen molar-refractivity contribution in [3.05, 3.63) is 24.4 Å². The predicted molar refractivity (Wildman–Crippen MR) is 31.0 cm³/mol. The standard InChI is InChI=1S/C6H7NO/c1-5-3-2-4-7-6(5)8/h2,4H,1,3H2,(H,7,8). The van der Waals surface area contributed by atoms with Gasteiger partial charge in [0, 0.05) is 11.8 Å². The molecule has 1 aliphatic heterocycles. The monoisotopic (exact) mass is 109 g/mol. The molecule has 1 amide bonds. The van der Waals surface area contributed by atoms with Gasteiger partial charge >= 0.3 is 0 Å². The fourth-order valence-corrected chi connectivity index (χ4v) is 0.531. The van der Waals surface area contributed by atoms with Gasteiger partial charge in [-0.15, -0.1) is 0 Å². The molecule has 1 rings (SSSR count). The van der Waals surface area contributed by atoms with E-state index in [1.54, 1.807) is 6.20 Å². The second-order valence-electron chi connectivity index (χ2n) is 1.68. The van der Waals surface area contributed by atoms with Crippen LogP contribution in [0.2, 0.25) is 0 Å². The first-order valence-electron chi connectivity index (χ1n) is 2.44. The maximum Gasteiger partial charge on any atom is 0.250 e. The van der Waals surface area contributed by atoms with E-state index in [2.05, 4.69) is 11.9 Å². The van der Waals surface area contributed by atoms with E-state index in [0.717, 1.165) is 0 Å². The normalized spacial score (nSPS) is 18.5. The van der Waals surface area contributed by atoms with Gasteiger partial charge in [0.05, 0.1) is 0 Å². The molecule has 2 nitrogen and oxygen atoms in total. The lowest BCUT2D eigenvalue weighted by Crippen LogP contribution is -2.21. The summed E-state index contributed by atoms with van der Waals surface area (Å²) in [4.78, 5) is 10.5. The maximum absolute atomic E-state index is 10.5. The molecule has 0 bridgehead atoms. The van der Waals surface area contributed by atoms with E-state index in [0.29, 0.717) is 12.0 Å². The zero-order valence-corrected chi connectivity index (χ0v) is 4.48. The van der Waals surface area contributed by atoms with Gasteiger partial charge in [0.25, 0.3) is 5.91 Å². The zero-order valence-electron chi connectivity index (χ0n) is 4.48. The highest BCUT2D eigenvalue weighted by Gasteiger charge is 2.05. The van der Waals surface area contributed by atoms with Gasteiger partial charge in [-0.1, -0.05) is 12.7 Å². The lowest BCUT2D eigenvalue weighted by atomic mass is 10.2. The summed E-state index contributed by atoms with van der Waals surface area (Å²) in [6.07, 6.45) is 4.19. The fraction of sp³-hybridized carbons (Fsp3) is 0.167. The summed E-state index contributed by atoms with van der Waals surface area (Å²) in [6, 6.07) is 0. The van der Waals surface area contributed by atoms with Gasteiger partial charge in [-0.3, -0.25) is 4.79 Å². The summed E-state index contributed by atoms with van der Waals surface area (Å²) >= 11 is 0. The molecule has 0 saturated heterocycles. The van der Waals surface area contributed by atoms with Gasteiger partial charge in [-0.25, -0.2) is 0 Å². The summed E-state index contributed by atoms with van der Waals surface area (Å²) < 4.78 is 0. The van der Waals surface area contributed by atoms with Gasteiger partial charge < -0.3 is 5.32 Å². The van der Waals surface area contributed by atoms with Gasteiger partial charge in [0.15, 0.2) is 0 Å². The third-order valence-electron chi connectivity index (χ3n) is 1.02. The van der Waals surface area contributed by atoms with E-state index >= 15 is 0 Å². The highest BCUT2D eigenvalue weighted by molar-refractivity contribution is 5.94. The molecule has 0 spiro atoms. The number of carbonyl (C=O) groups is 1. The summed E-state index contributed by atoms with van der Waals surface area (Å²) in [5.41, 5.74) is 0.632. The second-order valence-corrected chi connectivity index (χ2v) is 1.68. The summed E-state index contributed by atoms with van der Waals surface area (Å²) in [7, 11) is 0.